The van der Waals surface area contributed by atoms with Crippen LogP contribution in [-0.4, -0.2) is 37.7 Å². The molecule has 0 aliphatic rings. The van der Waals surface area contributed by atoms with Gasteiger partial charge in [0, 0.05) is 14.0 Å². The molecule has 80 valence electrons. The first kappa shape index (κ1) is 13.5. The van der Waals surface area contributed by atoms with Crippen LogP contribution in [0.2, 0.25) is 25.7 Å². The highest BCUT2D eigenvalue weighted by Crippen LogP contribution is 2.14. The van der Waals surface area contributed by atoms with Gasteiger partial charge in [-0.05, 0) is 24.9 Å². The summed E-state index contributed by atoms with van der Waals surface area (Å²) >= 11 is 2.10. The summed E-state index contributed by atoms with van der Waals surface area (Å²) < 4.78 is 0. The molecule has 0 radical (unpaired) electrons. The van der Waals surface area contributed by atoms with Crippen LogP contribution in [0.5, 0.6) is 0 Å². The molecule has 0 atom stereocenters. The van der Waals surface area contributed by atoms with Crippen molar-refractivity contribution in [3.63, 3.8) is 0 Å². The number of hydrogen-bond acceptors (Lipinski definition) is 2. The fraction of sp³-hybridized carbons (Fsp3) is 1.00. The third-order valence-corrected chi connectivity index (χ3v) is 5.32. The van der Waals surface area contributed by atoms with Crippen LogP contribution in [0.4, 0.5) is 0 Å². The van der Waals surface area contributed by atoms with Crippen molar-refractivity contribution in [3.8, 4) is 0 Å². The standard InChI is InChI=1S/C10H25NSSi/c1-6-11(7-2)10-12-8-9-13(3,4)5/h6-10H2,1-5H3. The van der Waals surface area contributed by atoms with E-state index in [4.69, 9.17) is 0 Å². The maximum absolute atomic E-state index is 2.48. The van der Waals surface area contributed by atoms with Crippen molar-refractivity contribution in [1.82, 2.24) is 4.90 Å². The third-order valence-electron chi connectivity index (χ3n) is 2.16. The van der Waals surface area contributed by atoms with Crippen molar-refractivity contribution in [1.29, 1.82) is 0 Å². The summed E-state index contributed by atoms with van der Waals surface area (Å²) in [5.41, 5.74) is 0. The summed E-state index contributed by atoms with van der Waals surface area (Å²) in [6.45, 7) is 14.2. The molecule has 0 saturated carbocycles. The number of thioether (sulfide) groups is 1. The average Bonchev–Trinajstić information content (AvgIpc) is 2.03. The molecule has 0 rings (SSSR count). The zero-order valence-electron chi connectivity index (χ0n) is 9.89. The van der Waals surface area contributed by atoms with Gasteiger partial charge in [-0.2, -0.15) is 0 Å². The Hall–Kier alpha value is 0.527. The molecular weight excluding hydrogens is 194 g/mol. The van der Waals surface area contributed by atoms with Gasteiger partial charge in [0.05, 0.1) is 0 Å². The SMILES string of the molecule is CCN(CC)CSCC[Si](C)(C)C. The summed E-state index contributed by atoms with van der Waals surface area (Å²) in [7, 11) is -0.789. The van der Waals surface area contributed by atoms with E-state index in [2.05, 4.69) is 50.2 Å². The van der Waals surface area contributed by atoms with Crippen LogP contribution in [0.3, 0.4) is 0 Å². The molecule has 0 aromatic heterocycles. The average molecular weight is 219 g/mol. The molecule has 0 saturated heterocycles. The number of rotatable bonds is 7. The predicted octanol–water partition coefficient (Wildman–Crippen LogP) is 3.36. The Morgan fingerprint density at radius 1 is 1.08 bits per heavy atom. The molecule has 13 heavy (non-hydrogen) atoms. The van der Waals surface area contributed by atoms with Gasteiger partial charge in [-0.1, -0.05) is 33.5 Å². The molecule has 0 aromatic rings. The maximum atomic E-state index is 2.48. The Labute approximate surface area is 89.3 Å². The Kier molecular flexibility index (Phi) is 7.18. The maximum Gasteiger partial charge on any atom is 0.0450 e. The molecule has 3 heteroatoms. The summed E-state index contributed by atoms with van der Waals surface area (Å²) in [5, 5.41) is 0. The summed E-state index contributed by atoms with van der Waals surface area (Å²) in [4.78, 5) is 2.48. The molecule has 0 heterocycles. The topological polar surface area (TPSA) is 3.24 Å². The lowest BCUT2D eigenvalue weighted by atomic mass is 10.6. The van der Waals surface area contributed by atoms with E-state index in [0.717, 1.165) is 0 Å². The first-order valence-corrected chi connectivity index (χ1v) is 10.2. The lowest BCUT2D eigenvalue weighted by Gasteiger charge is -2.19. The minimum Gasteiger partial charge on any atom is -0.295 e. The zero-order valence-corrected chi connectivity index (χ0v) is 11.7. The minimum atomic E-state index is -0.789. The van der Waals surface area contributed by atoms with Crippen LogP contribution in [0, 0.1) is 0 Å². The Balaban J connectivity index is 3.34. The van der Waals surface area contributed by atoms with Gasteiger partial charge in [0.2, 0.25) is 0 Å². The van der Waals surface area contributed by atoms with Crippen molar-refractivity contribution in [2.45, 2.75) is 39.5 Å². The lowest BCUT2D eigenvalue weighted by Crippen LogP contribution is -2.24. The highest BCUT2D eigenvalue weighted by molar-refractivity contribution is 7.99. The summed E-state index contributed by atoms with van der Waals surface area (Å²) in [5.74, 6) is 2.57. The van der Waals surface area contributed by atoms with Gasteiger partial charge < -0.3 is 0 Å². The highest BCUT2D eigenvalue weighted by atomic mass is 32.2. The van der Waals surface area contributed by atoms with Gasteiger partial charge in [0.15, 0.2) is 0 Å². The van der Waals surface area contributed by atoms with Crippen LogP contribution in [0.25, 0.3) is 0 Å². The van der Waals surface area contributed by atoms with E-state index >= 15 is 0 Å². The monoisotopic (exact) mass is 219 g/mol. The summed E-state index contributed by atoms with van der Waals surface area (Å²) in [6, 6.07) is 1.46. The zero-order chi connectivity index (χ0) is 10.3. The first-order valence-electron chi connectivity index (χ1n) is 5.29. The first-order chi connectivity index (χ1) is 5.99. The van der Waals surface area contributed by atoms with E-state index < -0.39 is 8.07 Å². The molecular formula is C10H25NSSi. The number of hydrogen-bond donors (Lipinski definition) is 0. The highest BCUT2D eigenvalue weighted by Gasteiger charge is 2.12. The van der Waals surface area contributed by atoms with Crippen LogP contribution < -0.4 is 0 Å². The van der Waals surface area contributed by atoms with Crippen molar-refractivity contribution in [3.05, 3.63) is 0 Å². The van der Waals surface area contributed by atoms with Gasteiger partial charge >= 0.3 is 0 Å². The molecule has 0 aliphatic heterocycles. The van der Waals surface area contributed by atoms with Crippen molar-refractivity contribution in [2.75, 3.05) is 24.7 Å². The lowest BCUT2D eigenvalue weighted by molar-refractivity contribution is 0.358. The molecule has 1 nitrogen and oxygen atoms in total. The van der Waals surface area contributed by atoms with Gasteiger partial charge in [-0.25, -0.2) is 0 Å². The van der Waals surface area contributed by atoms with E-state index in [1.165, 1.54) is 30.8 Å². The van der Waals surface area contributed by atoms with Gasteiger partial charge in [-0.3, -0.25) is 4.90 Å². The van der Waals surface area contributed by atoms with E-state index in [0.29, 0.717) is 0 Å². The predicted molar refractivity (Wildman–Crippen MR) is 68.4 cm³/mol. The Morgan fingerprint density at radius 2 is 1.62 bits per heavy atom. The third kappa shape index (κ3) is 8.85. The number of nitrogens with zero attached hydrogens (tertiary/aromatic N) is 1. The fourth-order valence-corrected chi connectivity index (χ4v) is 4.76. The molecule has 0 aliphatic carbocycles. The quantitative estimate of drug-likeness (QED) is 0.367. The van der Waals surface area contributed by atoms with Crippen molar-refractivity contribution < 1.29 is 0 Å². The van der Waals surface area contributed by atoms with Crippen LogP contribution >= 0.6 is 11.8 Å². The molecule has 0 aromatic carbocycles. The second kappa shape index (κ2) is 6.90. The second-order valence-electron chi connectivity index (χ2n) is 4.65. The summed E-state index contributed by atoms with van der Waals surface area (Å²) in [6.07, 6.45) is 0. The molecule has 0 fully saturated rings. The Bertz CT molecular complexity index is 119. The van der Waals surface area contributed by atoms with E-state index in [1.807, 2.05) is 0 Å². The van der Waals surface area contributed by atoms with E-state index in [9.17, 15) is 0 Å². The fourth-order valence-electron chi connectivity index (χ4n) is 0.978. The smallest absolute Gasteiger partial charge is 0.0450 e. The largest absolute Gasteiger partial charge is 0.295 e. The van der Waals surface area contributed by atoms with Crippen molar-refractivity contribution >= 4 is 19.8 Å². The van der Waals surface area contributed by atoms with Gasteiger partial charge in [-0.15, -0.1) is 11.8 Å². The molecule has 0 spiro atoms. The van der Waals surface area contributed by atoms with Gasteiger partial charge in [0.25, 0.3) is 0 Å². The Morgan fingerprint density at radius 3 is 2.00 bits per heavy atom. The van der Waals surface area contributed by atoms with E-state index in [-0.39, 0.29) is 0 Å². The minimum absolute atomic E-state index is 0.789. The van der Waals surface area contributed by atoms with Crippen LogP contribution in [0.1, 0.15) is 13.8 Å². The van der Waals surface area contributed by atoms with Crippen LogP contribution in [0.15, 0.2) is 0 Å². The van der Waals surface area contributed by atoms with Crippen LogP contribution in [-0.2, 0) is 0 Å². The normalized spacial score (nSPS) is 12.5. The second-order valence-corrected chi connectivity index (χ2v) is 11.3. The van der Waals surface area contributed by atoms with Crippen molar-refractivity contribution in [2.24, 2.45) is 0 Å². The molecule has 0 N–H and O–H groups in total. The molecule has 0 bridgehead atoms. The van der Waals surface area contributed by atoms with E-state index in [1.54, 1.807) is 0 Å². The molecule has 0 amide bonds. The molecule has 0 unspecified atom stereocenters. The van der Waals surface area contributed by atoms with Gasteiger partial charge in [0.1, 0.15) is 0 Å².